The van der Waals surface area contributed by atoms with Crippen molar-refractivity contribution in [3.05, 3.63) is 92.4 Å². The molecule has 0 fully saturated rings. The molecule has 3 aromatic carbocycles. The number of rotatable bonds is 7. The topological polar surface area (TPSA) is 47.6 Å². The van der Waals surface area contributed by atoms with Gasteiger partial charge in [-0.3, -0.25) is 4.79 Å². The van der Waals surface area contributed by atoms with Crippen molar-refractivity contribution in [3.8, 4) is 11.5 Å². The van der Waals surface area contributed by atoms with E-state index in [4.69, 9.17) is 44.3 Å². The molecule has 1 N–H and O–H groups in total. The van der Waals surface area contributed by atoms with Crippen molar-refractivity contribution in [2.24, 2.45) is 0 Å². The Morgan fingerprint density at radius 2 is 1.62 bits per heavy atom. The lowest BCUT2D eigenvalue weighted by Crippen LogP contribution is -2.23. The Labute approximate surface area is 184 Å². The summed E-state index contributed by atoms with van der Waals surface area (Å²) in [5.74, 6) is 1.08. The molecule has 0 unspecified atom stereocenters. The van der Waals surface area contributed by atoms with Gasteiger partial charge in [0.05, 0.1) is 7.11 Å². The van der Waals surface area contributed by atoms with Gasteiger partial charge in [0, 0.05) is 32.7 Å². The van der Waals surface area contributed by atoms with E-state index < -0.39 is 0 Å². The molecule has 150 valence electrons. The molecule has 3 rings (SSSR count). The first kappa shape index (κ1) is 21.3. The third-order valence-corrected chi connectivity index (χ3v) is 5.04. The maximum Gasteiger partial charge on any atom is 0.251 e. The summed E-state index contributed by atoms with van der Waals surface area (Å²) in [6.07, 6.45) is 0. The van der Waals surface area contributed by atoms with Crippen molar-refractivity contribution in [3.63, 3.8) is 0 Å². The molecule has 0 aliphatic carbocycles. The molecule has 1 amide bonds. The van der Waals surface area contributed by atoms with E-state index in [1.54, 1.807) is 67.8 Å². The minimum Gasteiger partial charge on any atom is -0.496 e. The van der Waals surface area contributed by atoms with Crippen LogP contribution in [0, 0.1) is 0 Å². The smallest absolute Gasteiger partial charge is 0.251 e. The van der Waals surface area contributed by atoms with Gasteiger partial charge in [0.15, 0.2) is 0 Å². The highest BCUT2D eigenvalue weighted by atomic mass is 35.5. The lowest BCUT2D eigenvalue weighted by atomic mass is 10.1. The molecule has 29 heavy (non-hydrogen) atoms. The molecule has 0 spiro atoms. The fourth-order valence-corrected chi connectivity index (χ4v) is 3.27. The van der Waals surface area contributed by atoms with Gasteiger partial charge in [-0.25, -0.2) is 0 Å². The van der Waals surface area contributed by atoms with Crippen molar-refractivity contribution in [1.82, 2.24) is 5.32 Å². The van der Waals surface area contributed by atoms with Gasteiger partial charge in [0.1, 0.15) is 18.1 Å². The van der Waals surface area contributed by atoms with Crippen molar-refractivity contribution in [2.75, 3.05) is 7.11 Å². The molecule has 0 aliphatic rings. The maximum atomic E-state index is 12.6. The summed E-state index contributed by atoms with van der Waals surface area (Å²) in [6, 6.07) is 17.4. The van der Waals surface area contributed by atoms with E-state index in [9.17, 15) is 4.79 Å². The molecule has 0 bridgehead atoms. The van der Waals surface area contributed by atoms with Crippen molar-refractivity contribution in [1.29, 1.82) is 0 Å². The van der Waals surface area contributed by atoms with Crippen LogP contribution in [0.1, 0.15) is 21.5 Å². The monoisotopic (exact) mass is 449 g/mol. The van der Waals surface area contributed by atoms with Gasteiger partial charge in [-0.05, 0) is 60.2 Å². The molecular formula is C22H18Cl3NO3. The van der Waals surface area contributed by atoms with Gasteiger partial charge >= 0.3 is 0 Å². The summed E-state index contributed by atoms with van der Waals surface area (Å²) in [4.78, 5) is 12.6. The number of ether oxygens (including phenoxy) is 2. The van der Waals surface area contributed by atoms with E-state index in [-0.39, 0.29) is 19.1 Å². The van der Waals surface area contributed by atoms with Crippen molar-refractivity contribution in [2.45, 2.75) is 13.2 Å². The fraction of sp³-hybridized carbons (Fsp3) is 0.136. The predicted molar refractivity (Wildman–Crippen MR) is 116 cm³/mol. The molecule has 0 saturated heterocycles. The third-order valence-electron chi connectivity index (χ3n) is 4.21. The second-order valence-electron chi connectivity index (χ2n) is 6.19. The Morgan fingerprint density at radius 3 is 2.31 bits per heavy atom. The molecule has 0 aromatic heterocycles. The summed E-state index contributed by atoms with van der Waals surface area (Å²) in [5.41, 5.74) is 2.02. The minimum absolute atomic E-state index is 0.230. The average molecular weight is 451 g/mol. The van der Waals surface area contributed by atoms with Crippen LogP contribution in [0.2, 0.25) is 15.1 Å². The number of benzene rings is 3. The van der Waals surface area contributed by atoms with Crippen LogP contribution in [0.5, 0.6) is 11.5 Å². The number of hydrogen-bond donors (Lipinski definition) is 1. The molecule has 0 heterocycles. The number of methoxy groups -OCH3 is 1. The highest BCUT2D eigenvalue weighted by Gasteiger charge is 2.12. The Morgan fingerprint density at radius 1 is 0.897 bits per heavy atom. The highest BCUT2D eigenvalue weighted by Crippen LogP contribution is 2.24. The Kier molecular flexibility index (Phi) is 7.26. The number of carbonyl (C=O) groups is 1. The number of carbonyl (C=O) groups excluding carboxylic acids is 1. The van der Waals surface area contributed by atoms with Crippen molar-refractivity contribution < 1.29 is 14.3 Å². The second-order valence-corrected chi connectivity index (χ2v) is 7.47. The summed E-state index contributed by atoms with van der Waals surface area (Å²) < 4.78 is 11.2. The van der Waals surface area contributed by atoms with Gasteiger partial charge in [0.2, 0.25) is 0 Å². The first-order valence-electron chi connectivity index (χ1n) is 8.73. The summed E-state index contributed by atoms with van der Waals surface area (Å²) in [5, 5.41) is 4.54. The first-order chi connectivity index (χ1) is 14.0. The molecule has 0 saturated carbocycles. The zero-order valence-corrected chi connectivity index (χ0v) is 17.8. The largest absolute Gasteiger partial charge is 0.496 e. The molecular weight excluding hydrogens is 433 g/mol. The number of amides is 1. The van der Waals surface area contributed by atoms with Gasteiger partial charge in [-0.2, -0.15) is 0 Å². The lowest BCUT2D eigenvalue weighted by molar-refractivity contribution is 0.0950. The van der Waals surface area contributed by atoms with Gasteiger partial charge in [0.25, 0.3) is 5.91 Å². The Bertz CT molecular complexity index is 1010. The predicted octanol–water partition coefficient (Wildman–Crippen LogP) is 6.16. The number of halogens is 3. The van der Waals surface area contributed by atoms with Gasteiger partial charge < -0.3 is 14.8 Å². The lowest BCUT2D eigenvalue weighted by Gasteiger charge is -2.13. The molecule has 7 heteroatoms. The Hall–Kier alpha value is -2.40. The van der Waals surface area contributed by atoms with E-state index in [1.807, 2.05) is 0 Å². The van der Waals surface area contributed by atoms with Gasteiger partial charge in [-0.1, -0.05) is 40.9 Å². The van der Waals surface area contributed by atoms with E-state index in [2.05, 4.69) is 5.32 Å². The molecule has 0 aliphatic heterocycles. The molecule has 0 radical (unpaired) electrons. The van der Waals surface area contributed by atoms with Crippen LogP contribution < -0.4 is 14.8 Å². The van der Waals surface area contributed by atoms with E-state index in [1.165, 1.54) is 0 Å². The van der Waals surface area contributed by atoms with Gasteiger partial charge in [-0.15, -0.1) is 0 Å². The third kappa shape index (κ3) is 5.80. The molecule has 3 aromatic rings. The molecule has 4 nitrogen and oxygen atoms in total. The second kappa shape index (κ2) is 9.88. The zero-order valence-electron chi connectivity index (χ0n) is 15.5. The van der Waals surface area contributed by atoms with Crippen LogP contribution >= 0.6 is 34.8 Å². The van der Waals surface area contributed by atoms with Crippen molar-refractivity contribution >= 4 is 40.7 Å². The van der Waals surface area contributed by atoms with Crippen LogP contribution in [-0.4, -0.2) is 13.0 Å². The minimum atomic E-state index is -0.230. The SMILES string of the molecule is COc1ccc(C(=O)NCc2ccc(Cl)cc2Cl)cc1COc1ccc(Cl)cc1. The van der Waals surface area contributed by atoms with E-state index >= 15 is 0 Å². The number of nitrogens with one attached hydrogen (secondary N) is 1. The quantitative estimate of drug-likeness (QED) is 0.468. The fourth-order valence-electron chi connectivity index (χ4n) is 2.67. The summed E-state index contributed by atoms with van der Waals surface area (Å²) >= 11 is 17.9. The maximum absolute atomic E-state index is 12.6. The van der Waals surface area contributed by atoms with Crippen LogP contribution in [0.25, 0.3) is 0 Å². The molecule has 0 atom stereocenters. The normalized spacial score (nSPS) is 10.5. The van der Waals surface area contributed by atoms with E-state index in [0.29, 0.717) is 32.1 Å². The van der Waals surface area contributed by atoms with E-state index in [0.717, 1.165) is 11.1 Å². The van der Waals surface area contributed by atoms with Crippen LogP contribution in [0.4, 0.5) is 0 Å². The Balaban J connectivity index is 1.69. The summed E-state index contributed by atoms with van der Waals surface area (Å²) in [7, 11) is 1.57. The first-order valence-corrected chi connectivity index (χ1v) is 9.87. The zero-order chi connectivity index (χ0) is 20.8. The van der Waals surface area contributed by atoms with Crippen LogP contribution in [-0.2, 0) is 13.2 Å². The standard InChI is InChI=1S/C22H18Cl3NO3/c1-28-21-9-3-14(10-16(21)13-29-19-7-5-17(23)6-8-19)22(27)26-12-15-2-4-18(24)11-20(15)25/h2-11H,12-13H2,1H3,(H,26,27). The summed E-state index contributed by atoms with van der Waals surface area (Å²) in [6.45, 7) is 0.534. The van der Waals surface area contributed by atoms with Crippen LogP contribution in [0.15, 0.2) is 60.7 Å². The average Bonchev–Trinajstić information content (AvgIpc) is 2.72. The number of hydrogen-bond acceptors (Lipinski definition) is 3. The highest BCUT2D eigenvalue weighted by molar-refractivity contribution is 6.35. The van der Waals surface area contributed by atoms with Crippen LogP contribution in [0.3, 0.4) is 0 Å².